The van der Waals surface area contributed by atoms with Gasteiger partial charge in [0.05, 0.1) is 0 Å². The minimum absolute atomic E-state index is 0.219. The van der Waals surface area contributed by atoms with Crippen molar-refractivity contribution in [1.29, 1.82) is 0 Å². The zero-order chi connectivity index (χ0) is 11.3. The van der Waals surface area contributed by atoms with Crippen LogP contribution in [0.2, 0.25) is 0 Å². The first-order valence-electron chi connectivity index (χ1n) is 5.60. The van der Waals surface area contributed by atoms with E-state index in [1.165, 1.54) is 6.42 Å². The molecule has 1 heterocycles. The lowest BCUT2D eigenvalue weighted by Crippen LogP contribution is -2.72. The zero-order valence-electron chi connectivity index (χ0n) is 9.71. The molecule has 4 nitrogen and oxygen atoms in total. The molecule has 1 aliphatic carbocycles. The van der Waals surface area contributed by atoms with Crippen LogP contribution in [0.4, 0.5) is 4.79 Å². The van der Waals surface area contributed by atoms with Gasteiger partial charge in [0.1, 0.15) is 0 Å². The highest BCUT2D eigenvalue weighted by atomic mass is 16.4. The largest absolute Gasteiger partial charge is 0.465 e. The van der Waals surface area contributed by atoms with Crippen molar-refractivity contribution in [3.8, 4) is 0 Å². The highest BCUT2D eigenvalue weighted by Gasteiger charge is 2.56. The Hall–Kier alpha value is -0.770. The third-order valence-corrected chi connectivity index (χ3v) is 3.82. The fourth-order valence-corrected chi connectivity index (χ4v) is 2.83. The molecule has 0 aromatic rings. The van der Waals surface area contributed by atoms with Crippen molar-refractivity contribution in [3.05, 3.63) is 0 Å². The van der Waals surface area contributed by atoms with Gasteiger partial charge in [0, 0.05) is 30.1 Å². The third-order valence-electron chi connectivity index (χ3n) is 3.82. The Kier molecular flexibility index (Phi) is 2.23. The Morgan fingerprint density at radius 2 is 2.07 bits per heavy atom. The van der Waals surface area contributed by atoms with E-state index < -0.39 is 6.09 Å². The summed E-state index contributed by atoms with van der Waals surface area (Å²) >= 11 is 0. The third kappa shape index (κ3) is 1.51. The number of hydrogen-bond donors (Lipinski definition) is 2. The first kappa shape index (κ1) is 10.7. The number of amides is 1. The molecule has 2 rings (SSSR count). The van der Waals surface area contributed by atoms with Gasteiger partial charge >= 0.3 is 6.09 Å². The van der Waals surface area contributed by atoms with Crippen molar-refractivity contribution in [1.82, 2.24) is 10.2 Å². The molecule has 2 aliphatic rings. The Morgan fingerprint density at radius 1 is 1.47 bits per heavy atom. The summed E-state index contributed by atoms with van der Waals surface area (Å²) in [5.41, 5.74) is -0.0365. The van der Waals surface area contributed by atoms with Gasteiger partial charge in [-0.3, -0.25) is 4.90 Å². The molecule has 0 bridgehead atoms. The van der Waals surface area contributed by atoms with Gasteiger partial charge in [0.2, 0.25) is 0 Å². The molecule has 1 saturated heterocycles. The molecule has 0 unspecified atom stereocenters. The van der Waals surface area contributed by atoms with Crippen LogP contribution >= 0.6 is 0 Å². The second kappa shape index (κ2) is 3.11. The van der Waals surface area contributed by atoms with Crippen molar-refractivity contribution in [2.75, 3.05) is 13.1 Å². The van der Waals surface area contributed by atoms with Crippen LogP contribution in [-0.2, 0) is 0 Å². The molecule has 1 spiro atoms. The van der Waals surface area contributed by atoms with Crippen LogP contribution in [-0.4, -0.2) is 40.8 Å². The highest BCUT2D eigenvalue weighted by molar-refractivity contribution is 5.67. The lowest BCUT2D eigenvalue weighted by Gasteiger charge is -2.61. The summed E-state index contributed by atoms with van der Waals surface area (Å²) in [5, 5.41) is 12.6. The first-order chi connectivity index (χ1) is 6.87. The van der Waals surface area contributed by atoms with Crippen LogP contribution in [0.5, 0.6) is 0 Å². The van der Waals surface area contributed by atoms with Crippen molar-refractivity contribution in [2.45, 2.75) is 45.2 Å². The summed E-state index contributed by atoms with van der Waals surface area (Å²) in [6.45, 7) is 7.88. The van der Waals surface area contributed by atoms with Gasteiger partial charge in [-0.25, -0.2) is 4.79 Å². The van der Waals surface area contributed by atoms with Crippen LogP contribution in [0.25, 0.3) is 0 Å². The molecule has 4 heteroatoms. The smallest absolute Gasteiger partial charge is 0.408 e. The predicted octanol–water partition coefficient (Wildman–Crippen LogP) is 1.52. The number of carbonyl (C=O) groups is 1. The van der Waals surface area contributed by atoms with Gasteiger partial charge in [-0.15, -0.1) is 0 Å². The normalized spacial score (nSPS) is 28.1. The Bertz CT molecular complexity index is 273. The molecule has 1 saturated carbocycles. The number of rotatable bonds is 1. The fourth-order valence-electron chi connectivity index (χ4n) is 2.83. The van der Waals surface area contributed by atoms with Gasteiger partial charge in [-0.2, -0.15) is 0 Å². The minimum atomic E-state index is -0.779. The predicted molar refractivity (Wildman–Crippen MR) is 57.9 cm³/mol. The van der Waals surface area contributed by atoms with Crippen LogP contribution in [0.1, 0.15) is 33.6 Å². The zero-order valence-corrected chi connectivity index (χ0v) is 9.71. The first-order valence-corrected chi connectivity index (χ1v) is 5.60. The Morgan fingerprint density at radius 3 is 2.27 bits per heavy atom. The maximum absolute atomic E-state index is 11.3. The van der Waals surface area contributed by atoms with E-state index in [-0.39, 0.29) is 17.0 Å². The SMILES string of the molecule is CC(C)(C)N(C(=O)O)[C@H]1CCC12CNC2. The average molecular weight is 212 g/mol. The van der Waals surface area contributed by atoms with Crippen molar-refractivity contribution < 1.29 is 9.90 Å². The van der Waals surface area contributed by atoms with Crippen LogP contribution < -0.4 is 5.32 Å². The molecule has 1 atom stereocenters. The van der Waals surface area contributed by atoms with Crippen molar-refractivity contribution in [2.24, 2.45) is 5.41 Å². The van der Waals surface area contributed by atoms with E-state index in [2.05, 4.69) is 5.32 Å². The molecule has 1 amide bonds. The number of carboxylic acid groups (broad SMARTS) is 1. The highest BCUT2D eigenvalue weighted by Crippen LogP contribution is 2.48. The monoisotopic (exact) mass is 212 g/mol. The summed E-state index contributed by atoms with van der Waals surface area (Å²) in [4.78, 5) is 13.0. The molecule has 15 heavy (non-hydrogen) atoms. The average Bonchev–Trinajstić information content (AvgIpc) is 1.91. The maximum Gasteiger partial charge on any atom is 0.408 e. The van der Waals surface area contributed by atoms with E-state index in [0.29, 0.717) is 0 Å². The molecule has 0 radical (unpaired) electrons. The molecule has 2 fully saturated rings. The molecule has 0 aromatic carbocycles. The fraction of sp³-hybridized carbons (Fsp3) is 0.909. The van der Waals surface area contributed by atoms with Gasteiger partial charge in [0.25, 0.3) is 0 Å². The minimum Gasteiger partial charge on any atom is -0.465 e. The second-order valence-corrected chi connectivity index (χ2v) is 5.84. The Labute approximate surface area is 90.6 Å². The van der Waals surface area contributed by atoms with Crippen LogP contribution in [0, 0.1) is 5.41 Å². The van der Waals surface area contributed by atoms with Gasteiger partial charge in [-0.05, 0) is 33.6 Å². The van der Waals surface area contributed by atoms with E-state index in [0.717, 1.165) is 19.5 Å². The van der Waals surface area contributed by atoms with Crippen molar-refractivity contribution in [3.63, 3.8) is 0 Å². The quantitative estimate of drug-likeness (QED) is 0.693. The molecule has 1 aliphatic heterocycles. The van der Waals surface area contributed by atoms with E-state index in [1.807, 2.05) is 20.8 Å². The number of nitrogens with one attached hydrogen (secondary N) is 1. The molecular formula is C11H20N2O2. The lowest BCUT2D eigenvalue weighted by atomic mass is 9.59. The Balaban J connectivity index is 2.16. The van der Waals surface area contributed by atoms with E-state index in [4.69, 9.17) is 0 Å². The van der Waals surface area contributed by atoms with E-state index >= 15 is 0 Å². The van der Waals surface area contributed by atoms with Gasteiger partial charge in [-0.1, -0.05) is 0 Å². The van der Waals surface area contributed by atoms with E-state index in [9.17, 15) is 9.90 Å². The van der Waals surface area contributed by atoms with Crippen LogP contribution in [0.3, 0.4) is 0 Å². The summed E-state index contributed by atoms with van der Waals surface area (Å²) < 4.78 is 0. The molecule has 0 aromatic heterocycles. The molecule has 86 valence electrons. The van der Waals surface area contributed by atoms with Crippen molar-refractivity contribution >= 4 is 6.09 Å². The van der Waals surface area contributed by atoms with Gasteiger partial charge < -0.3 is 10.4 Å². The summed E-state index contributed by atoms with van der Waals surface area (Å²) in [7, 11) is 0. The summed E-state index contributed by atoms with van der Waals surface area (Å²) in [6, 6.07) is 0.219. The molecular weight excluding hydrogens is 192 g/mol. The second-order valence-electron chi connectivity index (χ2n) is 5.84. The van der Waals surface area contributed by atoms with E-state index in [1.54, 1.807) is 4.90 Å². The standard InChI is InChI=1S/C11H20N2O2/c1-10(2,3)13(9(14)15)8-4-5-11(8)6-12-7-11/h8,12H,4-7H2,1-3H3,(H,14,15)/t8-/m0/s1. The molecule has 2 N–H and O–H groups in total. The maximum atomic E-state index is 11.3. The van der Waals surface area contributed by atoms with Crippen LogP contribution in [0.15, 0.2) is 0 Å². The topological polar surface area (TPSA) is 52.6 Å². The number of hydrogen-bond acceptors (Lipinski definition) is 2. The summed E-state index contributed by atoms with van der Waals surface area (Å²) in [5.74, 6) is 0. The summed E-state index contributed by atoms with van der Waals surface area (Å²) in [6.07, 6.45) is 1.41. The lowest BCUT2D eigenvalue weighted by molar-refractivity contribution is -0.0815. The van der Waals surface area contributed by atoms with Gasteiger partial charge in [0.15, 0.2) is 0 Å². The number of nitrogens with zero attached hydrogens (tertiary/aromatic N) is 1.